The number of alkyl halides is 3. The summed E-state index contributed by atoms with van der Waals surface area (Å²) in [7, 11) is 1.47. The third-order valence-corrected chi connectivity index (χ3v) is 3.26. The third-order valence-electron chi connectivity index (χ3n) is 3.26. The average molecular weight is 369 g/mol. The van der Waals surface area contributed by atoms with Crippen LogP contribution >= 0.6 is 0 Å². The second kappa shape index (κ2) is 8.03. The number of benzene rings is 1. The van der Waals surface area contributed by atoms with E-state index in [1.165, 1.54) is 7.11 Å². The summed E-state index contributed by atoms with van der Waals surface area (Å²) in [5.74, 6) is -0.593. The van der Waals surface area contributed by atoms with Crippen molar-refractivity contribution in [3.05, 3.63) is 30.5 Å². The first kappa shape index (κ1) is 19.5. The number of rotatable bonds is 6. The summed E-state index contributed by atoms with van der Waals surface area (Å²) < 4.78 is 46.9. The maximum absolute atomic E-state index is 12.3. The smallest absolute Gasteiger partial charge is 0.422 e. The Balaban J connectivity index is 2.44. The maximum Gasteiger partial charge on any atom is 0.422 e. The van der Waals surface area contributed by atoms with Gasteiger partial charge < -0.3 is 14.8 Å². The average Bonchev–Trinajstić information content (AvgIpc) is 2.59. The van der Waals surface area contributed by atoms with E-state index in [9.17, 15) is 18.0 Å². The van der Waals surface area contributed by atoms with Gasteiger partial charge >= 0.3 is 6.18 Å². The number of carbonyl (C=O) groups is 1. The zero-order valence-corrected chi connectivity index (χ0v) is 14.4. The standard InChI is InChI=1S/C17H18F3N3O3/c1-10(2)16(24)23-15-14(11-6-4-5-7-12(11)25-3)21-8-13(22-15)26-9-17(18,19)20/h4-8,10H,9H2,1-3H3,(H,22,23,24). The molecule has 0 unspecified atom stereocenters. The highest BCUT2D eigenvalue weighted by Gasteiger charge is 2.29. The lowest BCUT2D eigenvalue weighted by molar-refractivity contribution is -0.154. The molecule has 1 heterocycles. The van der Waals surface area contributed by atoms with Crippen LogP contribution < -0.4 is 14.8 Å². The summed E-state index contributed by atoms with van der Waals surface area (Å²) in [5.41, 5.74) is 0.791. The van der Waals surface area contributed by atoms with Gasteiger partial charge in [-0.05, 0) is 12.1 Å². The molecule has 0 fully saturated rings. The monoisotopic (exact) mass is 369 g/mol. The van der Waals surface area contributed by atoms with Gasteiger partial charge in [0.1, 0.15) is 11.4 Å². The van der Waals surface area contributed by atoms with Crippen molar-refractivity contribution in [3.63, 3.8) is 0 Å². The van der Waals surface area contributed by atoms with Crippen molar-refractivity contribution >= 4 is 11.7 Å². The molecule has 0 radical (unpaired) electrons. The van der Waals surface area contributed by atoms with Gasteiger partial charge in [-0.25, -0.2) is 4.98 Å². The minimum atomic E-state index is -4.51. The summed E-state index contributed by atoms with van der Waals surface area (Å²) >= 11 is 0. The Morgan fingerprint density at radius 2 is 1.96 bits per heavy atom. The van der Waals surface area contributed by atoms with Crippen LogP contribution in [0.3, 0.4) is 0 Å². The van der Waals surface area contributed by atoms with E-state index in [1.54, 1.807) is 38.1 Å². The van der Waals surface area contributed by atoms with Crippen molar-refractivity contribution < 1.29 is 27.4 Å². The number of hydrogen-bond acceptors (Lipinski definition) is 5. The van der Waals surface area contributed by atoms with Crippen LogP contribution in [-0.4, -0.2) is 35.8 Å². The molecule has 0 spiro atoms. The number of hydrogen-bond donors (Lipinski definition) is 1. The summed E-state index contributed by atoms with van der Waals surface area (Å²) in [5, 5.41) is 2.57. The summed E-state index contributed by atoms with van der Waals surface area (Å²) in [6, 6.07) is 6.88. The number of ether oxygens (including phenoxy) is 2. The van der Waals surface area contributed by atoms with Gasteiger partial charge in [0, 0.05) is 11.5 Å². The van der Waals surface area contributed by atoms with E-state index < -0.39 is 12.8 Å². The van der Waals surface area contributed by atoms with Crippen molar-refractivity contribution in [2.45, 2.75) is 20.0 Å². The van der Waals surface area contributed by atoms with Gasteiger partial charge in [-0.15, -0.1) is 0 Å². The molecule has 1 aromatic heterocycles. The van der Waals surface area contributed by atoms with Gasteiger partial charge in [-0.3, -0.25) is 4.79 Å². The van der Waals surface area contributed by atoms with E-state index in [0.29, 0.717) is 11.3 Å². The quantitative estimate of drug-likeness (QED) is 0.841. The first-order valence-corrected chi connectivity index (χ1v) is 7.72. The van der Waals surface area contributed by atoms with Crippen molar-refractivity contribution in [3.8, 4) is 22.9 Å². The molecule has 2 aromatic rings. The Morgan fingerprint density at radius 1 is 1.27 bits per heavy atom. The van der Waals surface area contributed by atoms with Crippen LogP contribution in [0, 0.1) is 5.92 Å². The molecule has 0 aliphatic carbocycles. The van der Waals surface area contributed by atoms with Crippen molar-refractivity contribution in [1.82, 2.24) is 9.97 Å². The zero-order valence-electron chi connectivity index (χ0n) is 14.4. The van der Waals surface area contributed by atoms with E-state index in [0.717, 1.165) is 6.20 Å². The van der Waals surface area contributed by atoms with E-state index in [4.69, 9.17) is 4.74 Å². The molecule has 1 amide bonds. The van der Waals surface area contributed by atoms with Crippen LogP contribution in [0.5, 0.6) is 11.6 Å². The van der Waals surface area contributed by atoms with Crippen LogP contribution in [0.2, 0.25) is 0 Å². The third kappa shape index (κ3) is 5.08. The summed E-state index contributed by atoms with van der Waals surface area (Å²) in [6.07, 6.45) is -3.44. The number of carbonyl (C=O) groups excluding carboxylic acids is 1. The molecule has 2 rings (SSSR count). The predicted molar refractivity (Wildman–Crippen MR) is 89.0 cm³/mol. The summed E-state index contributed by atoms with van der Waals surface area (Å²) in [6.45, 7) is 1.85. The molecule has 0 bridgehead atoms. The van der Waals surface area contributed by atoms with Crippen LogP contribution in [-0.2, 0) is 4.79 Å². The molecule has 0 aliphatic rings. The molecule has 26 heavy (non-hydrogen) atoms. The van der Waals surface area contributed by atoms with Gasteiger partial charge in [0.15, 0.2) is 12.4 Å². The summed E-state index contributed by atoms with van der Waals surface area (Å²) in [4.78, 5) is 20.1. The molecule has 0 aliphatic heterocycles. The Labute approximate surface area is 148 Å². The van der Waals surface area contributed by atoms with Crippen LogP contribution in [0.1, 0.15) is 13.8 Å². The van der Waals surface area contributed by atoms with E-state index in [2.05, 4.69) is 20.0 Å². The van der Waals surface area contributed by atoms with Gasteiger partial charge in [0.2, 0.25) is 11.8 Å². The van der Waals surface area contributed by atoms with E-state index in [1.807, 2.05) is 0 Å². The number of halogens is 3. The molecule has 0 saturated heterocycles. The van der Waals surface area contributed by atoms with Crippen molar-refractivity contribution in [2.24, 2.45) is 5.92 Å². The van der Waals surface area contributed by atoms with Gasteiger partial charge in [-0.2, -0.15) is 18.2 Å². The molecule has 1 aromatic carbocycles. The second-order valence-electron chi connectivity index (χ2n) is 5.65. The highest BCUT2D eigenvalue weighted by Crippen LogP contribution is 2.33. The fourth-order valence-corrected chi connectivity index (χ4v) is 1.98. The fraction of sp³-hybridized carbons (Fsp3) is 0.353. The Morgan fingerprint density at radius 3 is 2.58 bits per heavy atom. The topological polar surface area (TPSA) is 73.3 Å². The van der Waals surface area contributed by atoms with Crippen molar-refractivity contribution in [2.75, 3.05) is 19.0 Å². The molecule has 1 N–H and O–H groups in total. The molecular weight excluding hydrogens is 351 g/mol. The first-order valence-electron chi connectivity index (χ1n) is 7.72. The highest BCUT2D eigenvalue weighted by atomic mass is 19.4. The van der Waals surface area contributed by atoms with Crippen molar-refractivity contribution in [1.29, 1.82) is 0 Å². The lowest BCUT2D eigenvalue weighted by Gasteiger charge is -2.15. The van der Waals surface area contributed by atoms with Crippen LogP contribution in [0.4, 0.5) is 19.0 Å². The predicted octanol–water partition coefficient (Wildman–Crippen LogP) is 3.69. The lowest BCUT2D eigenvalue weighted by atomic mass is 10.1. The largest absolute Gasteiger partial charge is 0.496 e. The Kier molecular flexibility index (Phi) is 6.01. The first-order chi connectivity index (χ1) is 12.2. The minimum Gasteiger partial charge on any atom is -0.496 e. The van der Waals surface area contributed by atoms with Crippen LogP contribution in [0.15, 0.2) is 30.5 Å². The van der Waals surface area contributed by atoms with Gasteiger partial charge in [0.05, 0.1) is 13.3 Å². The molecule has 9 heteroatoms. The molecule has 0 saturated carbocycles. The Bertz CT molecular complexity index is 779. The Hall–Kier alpha value is -2.84. The zero-order chi connectivity index (χ0) is 19.3. The molecule has 6 nitrogen and oxygen atoms in total. The number of anilines is 1. The number of aromatic nitrogens is 2. The molecular formula is C17H18F3N3O3. The van der Waals surface area contributed by atoms with Gasteiger partial charge in [-0.1, -0.05) is 26.0 Å². The van der Waals surface area contributed by atoms with E-state index >= 15 is 0 Å². The van der Waals surface area contributed by atoms with Crippen LogP contribution in [0.25, 0.3) is 11.3 Å². The fourth-order valence-electron chi connectivity index (χ4n) is 1.98. The molecule has 0 atom stereocenters. The molecule has 140 valence electrons. The minimum absolute atomic E-state index is 0.00660. The number of methoxy groups -OCH3 is 1. The number of nitrogens with zero attached hydrogens (tertiary/aromatic N) is 2. The second-order valence-corrected chi connectivity index (χ2v) is 5.65. The maximum atomic E-state index is 12.3. The lowest BCUT2D eigenvalue weighted by Crippen LogP contribution is -2.21. The normalized spacial score (nSPS) is 11.3. The number of amides is 1. The number of nitrogens with one attached hydrogen (secondary N) is 1. The SMILES string of the molecule is COc1ccccc1-c1ncc(OCC(F)(F)F)nc1NC(=O)C(C)C. The number of para-hydroxylation sites is 1. The van der Waals surface area contributed by atoms with Gasteiger partial charge in [0.25, 0.3) is 0 Å². The highest BCUT2D eigenvalue weighted by molar-refractivity contribution is 5.94. The van der Waals surface area contributed by atoms with E-state index in [-0.39, 0.29) is 29.2 Å².